The van der Waals surface area contributed by atoms with Gasteiger partial charge in [0.05, 0.1) is 17.1 Å². The Labute approximate surface area is 117 Å². The lowest BCUT2D eigenvalue weighted by atomic mass is 10.3. The first kappa shape index (κ1) is 12.5. The lowest BCUT2D eigenvalue weighted by molar-refractivity contribution is 0.0696. The second-order valence-corrected chi connectivity index (χ2v) is 5.31. The number of aryl methyl sites for hydroxylation is 1. The molecule has 0 bridgehead atoms. The predicted octanol–water partition coefficient (Wildman–Crippen LogP) is 2.89. The van der Waals surface area contributed by atoms with E-state index < -0.39 is 5.97 Å². The van der Waals surface area contributed by atoms with Crippen LogP contribution in [-0.2, 0) is 0 Å². The highest BCUT2D eigenvalue weighted by Gasteiger charge is 2.11. The van der Waals surface area contributed by atoms with Crippen LogP contribution in [0.5, 0.6) is 11.6 Å². The monoisotopic (exact) mass is 287 g/mol. The van der Waals surface area contributed by atoms with Gasteiger partial charge < -0.3 is 9.84 Å². The molecule has 0 saturated heterocycles. The SMILES string of the molecule is Cc1cc2c(Oc3cncc(C(=O)O)c3)ncnc2s1. The number of fused-ring (bicyclic) bond motifs is 1. The molecule has 0 saturated carbocycles. The summed E-state index contributed by atoms with van der Waals surface area (Å²) in [7, 11) is 0. The Morgan fingerprint density at radius 1 is 1.30 bits per heavy atom. The molecule has 0 aliphatic heterocycles. The van der Waals surface area contributed by atoms with Gasteiger partial charge in [0, 0.05) is 11.1 Å². The van der Waals surface area contributed by atoms with Crippen molar-refractivity contribution in [1.29, 1.82) is 0 Å². The van der Waals surface area contributed by atoms with E-state index in [1.54, 1.807) is 11.3 Å². The van der Waals surface area contributed by atoms with Crippen molar-refractivity contribution in [3.8, 4) is 11.6 Å². The van der Waals surface area contributed by atoms with Crippen molar-refractivity contribution in [3.05, 3.63) is 41.3 Å². The number of rotatable bonds is 3. The molecule has 100 valence electrons. The molecule has 3 aromatic rings. The number of ether oxygens (including phenoxy) is 1. The highest BCUT2D eigenvalue weighted by molar-refractivity contribution is 7.18. The van der Waals surface area contributed by atoms with Gasteiger partial charge in [-0.3, -0.25) is 4.98 Å². The number of carboxylic acid groups (broad SMARTS) is 1. The average molecular weight is 287 g/mol. The Morgan fingerprint density at radius 3 is 2.95 bits per heavy atom. The van der Waals surface area contributed by atoms with Crippen molar-refractivity contribution in [2.45, 2.75) is 6.92 Å². The van der Waals surface area contributed by atoms with Crippen LogP contribution in [0.3, 0.4) is 0 Å². The van der Waals surface area contributed by atoms with Gasteiger partial charge in [0.25, 0.3) is 0 Å². The Balaban J connectivity index is 2.01. The molecule has 3 heterocycles. The quantitative estimate of drug-likeness (QED) is 0.797. The lowest BCUT2D eigenvalue weighted by Crippen LogP contribution is -1.98. The number of carboxylic acids is 1. The highest BCUT2D eigenvalue weighted by atomic mass is 32.1. The molecule has 3 rings (SSSR count). The van der Waals surface area contributed by atoms with Crippen LogP contribution in [0.1, 0.15) is 15.2 Å². The third-order valence-corrected chi connectivity index (χ3v) is 3.55. The number of hydrogen-bond donors (Lipinski definition) is 1. The largest absolute Gasteiger partial charge is 0.478 e. The summed E-state index contributed by atoms with van der Waals surface area (Å²) in [5.41, 5.74) is 0.0642. The second kappa shape index (κ2) is 4.86. The fourth-order valence-corrected chi connectivity index (χ4v) is 2.58. The molecule has 3 aromatic heterocycles. The Bertz CT molecular complexity index is 800. The lowest BCUT2D eigenvalue weighted by Gasteiger charge is -2.05. The van der Waals surface area contributed by atoms with Gasteiger partial charge in [-0.2, -0.15) is 0 Å². The number of carbonyl (C=O) groups is 1. The molecule has 0 spiro atoms. The number of nitrogens with zero attached hydrogens (tertiary/aromatic N) is 3. The zero-order valence-corrected chi connectivity index (χ0v) is 11.2. The van der Waals surface area contributed by atoms with Crippen molar-refractivity contribution >= 4 is 27.5 Å². The standard InChI is InChI=1S/C13H9N3O3S/c1-7-2-10-11(15-6-16-12(10)20-7)19-9-3-8(13(17)18)4-14-5-9/h2-6H,1H3,(H,17,18). The van der Waals surface area contributed by atoms with Gasteiger partial charge in [0.2, 0.25) is 5.88 Å². The molecule has 0 unspecified atom stereocenters. The minimum Gasteiger partial charge on any atom is -0.478 e. The first-order valence-electron chi connectivity index (χ1n) is 5.71. The number of pyridine rings is 1. The van der Waals surface area contributed by atoms with Crippen LogP contribution in [0.15, 0.2) is 30.9 Å². The fourth-order valence-electron chi connectivity index (χ4n) is 1.74. The fraction of sp³-hybridized carbons (Fsp3) is 0.0769. The summed E-state index contributed by atoms with van der Waals surface area (Å²) in [4.78, 5) is 24.9. The Kier molecular flexibility index (Phi) is 3.03. The summed E-state index contributed by atoms with van der Waals surface area (Å²) in [5.74, 6) is -0.334. The molecule has 20 heavy (non-hydrogen) atoms. The van der Waals surface area contributed by atoms with Gasteiger partial charge >= 0.3 is 5.97 Å². The summed E-state index contributed by atoms with van der Waals surface area (Å²) >= 11 is 1.54. The average Bonchev–Trinajstić information content (AvgIpc) is 2.80. The number of aromatic carboxylic acids is 1. The molecular formula is C13H9N3O3S. The molecule has 0 radical (unpaired) electrons. The molecule has 7 heteroatoms. The van der Waals surface area contributed by atoms with Gasteiger partial charge in [0.1, 0.15) is 16.9 Å². The Morgan fingerprint density at radius 2 is 2.15 bits per heavy atom. The van der Waals surface area contributed by atoms with Gasteiger partial charge in [0.15, 0.2) is 0 Å². The van der Waals surface area contributed by atoms with Crippen molar-refractivity contribution in [1.82, 2.24) is 15.0 Å². The normalized spacial score (nSPS) is 10.7. The van der Waals surface area contributed by atoms with Crippen molar-refractivity contribution in [2.75, 3.05) is 0 Å². The molecule has 0 atom stereocenters. The van der Waals surface area contributed by atoms with Gasteiger partial charge in [-0.05, 0) is 19.1 Å². The van der Waals surface area contributed by atoms with Crippen molar-refractivity contribution in [2.24, 2.45) is 0 Å². The molecule has 0 fully saturated rings. The minimum atomic E-state index is -1.05. The van der Waals surface area contributed by atoms with Crippen molar-refractivity contribution in [3.63, 3.8) is 0 Å². The van der Waals surface area contributed by atoms with Crippen LogP contribution in [-0.4, -0.2) is 26.0 Å². The third kappa shape index (κ3) is 2.30. The van der Waals surface area contributed by atoms with Crippen LogP contribution in [0.2, 0.25) is 0 Å². The van der Waals surface area contributed by atoms with E-state index in [9.17, 15) is 4.79 Å². The number of thiophene rings is 1. The van der Waals surface area contributed by atoms with Gasteiger partial charge in [-0.1, -0.05) is 0 Å². The summed E-state index contributed by atoms with van der Waals surface area (Å²) in [6, 6.07) is 3.34. The summed E-state index contributed by atoms with van der Waals surface area (Å²) in [6.07, 6.45) is 4.13. The first-order chi connectivity index (χ1) is 9.63. The summed E-state index contributed by atoms with van der Waals surface area (Å²) in [6.45, 7) is 1.97. The van der Waals surface area contributed by atoms with Crippen LogP contribution >= 0.6 is 11.3 Å². The highest BCUT2D eigenvalue weighted by Crippen LogP contribution is 2.31. The zero-order valence-electron chi connectivity index (χ0n) is 10.4. The molecule has 0 aliphatic carbocycles. The van der Waals surface area contributed by atoms with E-state index in [0.717, 1.165) is 15.1 Å². The van der Waals surface area contributed by atoms with E-state index in [4.69, 9.17) is 9.84 Å². The van der Waals surface area contributed by atoms with Crippen LogP contribution < -0.4 is 4.74 Å². The number of aromatic nitrogens is 3. The van der Waals surface area contributed by atoms with Gasteiger partial charge in [-0.15, -0.1) is 11.3 Å². The van der Waals surface area contributed by atoms with E-state index in [0.29, 0.717) is 11.6 Å². The maximum atomic E-state index is 10.9. The smallest absolute Gasteiger partial charge is 0.337 e. The van der Waals surface area contributed by atoms with E-state index >= 15 is 0 Å². The molecule has 0 aromatic carbocycles. The second-order valence-electron chi connectivity index (χ2n) is 4.07. The maximum Gasteiger partial charge on any atom is 0.337 e. The topological polar surface area (TPSA) is 85.2 Å². The third-order valence-electron chi connectivity index (χ3n) is 2.59. The van der Waals surface area contributed by atoms with E-state index in [2.05, 4.69) is 15.0 Å². The molecule has 0 aliphatic rings. The van der Waals surface area contributed by atoms with Gasteiger partial charge in [-0.25, -0.2) is 14.8 Å². The number of hydrogen-bond acceptors (Lipinski definition) is 6. The predicted molar refractivity (Wildman–Crippen MR) is 73.4 cm³/mol. The van der Waals surface area contributed by atoms with E-state index in [1.807, 2.05) is 13.0 Å². The zero-order chi connectivity index (χ0) is 14.1. The minimum absolute atomic E-state index is 0.0642. The summed E-state index contributed by atoms with van der Waals surface area (Å²) < 4.78 is 5.63. The molecule has 0 amide bonds. The van der Waals surface area contributed by atoms with Crippen LogP contribution in [0.25, 0.3) is 10.2 Å². The maximum absolute atomic E-state index is 10.9. The summed E-state index contributed by atoms with van der Waals surface area (Å²) in [5, 5.41) is 9.73. The molecule has 1 N–H and O–H groups in total. The molecule has 6 nitrogen and oxygen atoms in total. The first-order valence-corrected chi connectivity index (χ1v) is 6.52. The Hall–Kier alpha value is -2.54. The van der Waals surface area contributed by atoms with Crippen LogP contribution in [0.4, 0.5) is 0 Å². The van der Waals surface area contributed by atoms with E-state index in [-0.39, 0.29) is 5.56 Å². The van der Waals surface area contributed by atoms with Crippen molar-refractivity contribution < 1.29 is 14.6 Å². The van der Waals surface area contributed by atoms with E-state index in [1.165, 1.54) is 24.8 Å². The van der Waals surface area contributed by atoms with Crippen LogP contribution in [0, 0.1) is 6.92 Å². The molecular weight excluding hydrogens is 278 g/mol.